The Kier molecular flexibility index (Phi) is 7.26. The molecule has 1 aromatic heterocycles. The lowest BCUT2D eigenvalue weighted by atomic mass is 10.0. The third-order valence-electron chi connectivity index (χ3n) is 5.63. The highest BCUT2D eigenvalue weighted by atomic mass is 16.5. The molecule has 178 valence electrons. The Bertz CT molecular complexity index is 1350. The molecule has 1 amide bonds. The summed E-state index contributed by atoms with van der Waals surface area (Å²) in [4.78, 5) is 30.2. The highest BCUT2D eigenvalue weighted by molar-refractivity contribution is 6.05. The van der Waals surface area contributed by atoms with Crippen LogP contribution in [-0.2, 0) is 9.53 Å². The van der Waals surface area contributed by atoms with Crippen molar-refractivity contribution in [2.75, 3.05) is 20.8 Å². The molecule has 35 heavy (non-hydrogen) atoms. The van der Waals surface area contributed by atoms with E-state index in [9.17, 15) is 9.59 Å². The molecule has 0 fully saturated rings. The molecule has 0 saturated carbocycles. The number of aromatic nitrogens is 1. The lowest BCUT2D eigenvalue weighted by Crippen LogP contribution is -2.31. The number of fused-ring (bicyclic) bond motifs is 1. The zero-order chi connectivity index (χ0) is 24.8. The number of ether oxygens (including phenoxy) is 3. The summed E-state index contributed by atoms with van der Waals surface area (Å²) in [5.41, 5.74) is 3.24. The molecule has 1 heterocycles. The quantitative estimate of drug-likeness (QED) is 0.367. The van der Waals surface area contributed by atoms with Gasteiger partial charge in [0, 0.05) is 10.9 Å². The smallest absolute Gasteiger partial charge is 0.339 e. The summed E-state index contributed by atoms with van der Waals surface area (Å²) in [7, 11) is 3.12. The van der Waals surface area contributed by atoms with Gasteiger partial charge in [0.05, 0.1) is 37.0 Å². The van der Waals surface area contributed by atoms with Crippen LogP contribution in [0.15, 0.2) is 78.9 Å². The van der Waals surface area contributed by atoms with Crippen molar-refractivity contribution in [3.05, 3.63) is 90.0 Å². The van der Waals surface area contributed by atoms with Crippen LogP contribution in [0.5, 0.6) is 11.5 Å². The fraction of sp³-hybridized carbons (Fsp3) is 0.179. The molecule has 0 saturated heterocycles. The van der Waals surface area contributed by atoms with E-state index < -0.39 is 12.6 Å². The number of nitrogens with zero attached hydrogens (tertiary/aromatic N) is 1. The number of rotatable bonds is 8. The molecule has 0 bridgehead atoms. The zero-order valence-electron chi connectivity index (χ0n) is 19.8. The monoisotopic (exact) mass is 470 g/mol. The molecule has 0 unspecified atom stereocenters. The van der Waals surface area contributed by atoms with Crippen molar-refractivity contribution in [1.82, 2.24) is 10.3 Å². The van der Waals surface area contributed by atoms with Crippen molar-refractivity contribution >= 4 is 22.8 Å². The molecule has 4 rings (SSSR count). The van der Waals surface area contributed by atoms with Crippen molar-refractivity contribution in [3.63, 3.8) is 0 Å². The summed E-state index contributed by atoms with van der Waals surface area (Å²) in [6, 6.07) is 23.7. The van der Waals surface area contributed by atoms with Crippen LogP contribution in [0.2, 0.25) is 0 Å². The van der Waals surface area contributed by atoms with Crippen LogP contribution in [0.25, 0.3) is 22.2 Å². The molecule has 0 spiro atoms. The second kappa shape index (κ2) is 10.7. The van der Waals surface area contributed by atoms with Gasteiger partial charge in [-0.3, -0.25) is 4.79 Å². The highest BCUT2D eigenvalue weighted by Gasteiger charge is 2.18. The van der Waals surface area contributed by atoms with Crippen LogP contribution in [0.3, 0.4) is 0 Å². The molecule has 0 aliphatic heterocycles. The van der Waals surface area contributed by atoms with Gasteiger partial charge in [0.2, 0.25) is 0 Å². The van der Waals surface area contributed by atoms with Gasteiger partial charge in [-0.15, -0.1) is 0 Å². The molecule has 1 atom stereocenters. The topological polar surface area (TPSA) is 86.8 Å². The van der Waals surface area contributed by atoms with E-state index >= 15 is 0 Å². The molecule has 0 aliphatic rings. The van der Waals surface area contributed by atoms with E-state index in [2.05, 4.69) is 5.32 Å². The number of nitrogens with one attached hydrogen (secondary N) is 1. The van der Waals surface area contributed by atoms with E-state index in [0.29, 0.717) is 33.7 Å². The van der Waals surface area contributed by atoms with Gasteiger partial charge < -0.3 is 19.5 Å². The summed E-state index contributed by atoms with van der Waals surface area (Å²) >= 11 is 0. The summed E-state index contributed by atoms with van der Waals surface area (Å²) in [5, 5.41) is 3.49. The number of methoxy groups -OCH3 is 2. The lowest BCUT2D eigenvalue weighted by molar-refractivity contribution is -0.124. The third kappa shape index (κ3) is 5.41. The van der Waals surface area contributed by atoms with Crippen LogP contribution in [0.4, 0.5) is 0 Å². The summed E-state index contributed by atoms with van der Waals surface area (Å²) in [5.74, 6) is 0.154. The first-order valence-electron chi connectivity index (χ1n) is 11.1. The number of carbonyl (C=O) groups is 2. The number of benzene rings is 3. The number of hydrogen-bond acceptors (Lipinski definition) is 6. The molecule has 7 nitrogen and oxygen atoms in total. The van der Waals surface area contributed by atoms with E-state index in [-0.39, 0.29) is 11.9 Å². The predicted octanol–water partition coefficient (Wildman–Crippen LogP) is 4.95. The minimum Gasteiger partial charge on any atom is -0.493 e. The summed E-state index contributed by atoms with van der Waals surface area (Å²) in [6.07, 6.45) is 0. The van der Waals surface area contributed by atoms with Crippen molar-refractivity contribution < 1.29 is 23.8 Å². The summed E-state index contributed by atoms with van der Waals surface area (Å²) < 4.78 is 16.1. The number of hydrogen-bond donors (Lipinski definition) is 1. The molecular weight excluding hydrogens is 444 g/mol. The van der Waals surface area contributed by atoms with Crippen LogP contribution < -0.4 is 14.8 Å². The minimum atomic E-state index is -0.604. The normalized spacial score (nSPS) is 11.5. The van der Waals surface area contributed by atoms with Gasteiger partial charge in [-0.05, 0) is 42.8 Å². The maximum absolute atomic E-state index is 13.1. The van der Waals surface area contributed by atoms with Crippen LogP contribution in [0.1, 0.15) is 28.9 Å². The standard InChI is InChI=1S/C28H26N2O5/c1-18(19-9-5-4-6-10-19)29-27(31)17-35-28(32)22-16-24(30-23-12-8-7-11-21(22)23)20-13-14-25(33-2)26(15-20)34-3/h4-16,18H,17H2,1-3H3,(H,29,31)/t18-/m1/s1. The molecule has 1 N–H and O–H groups in total. The van der Waals surface area contributed by atoms with Crippen LogP contribution >= 0.6 is 0 Å². The number of carbonyl (C=O) groups excluding carboxylic acids is 2. The minimum absolute atomic E-state index is 0.208. The van der Waals surface area contributed by atoms with Gasteiger partial charge in [-0.2, -0.15) is 0 Å². The summed E-state index contributed by atoms with van der Waals surface area (Å²) in [6.45, 7) is 1.49. The first kappa shape index (κ1) is 23.8. The Morgan fingerprint density at radius 1 is 0.886 bits per heavy atom. The second-order valence-corrected chi connectivity index (χ2v) is 7.92. The largest absolute Gasteiger partial charge is 0.493 e. The Morgan fingerprint density at radius 2 is 1.60 bits per heavy atom. The van der Waals surface area contributed by atoms with E-state index in [1.165, 1.54) is 0 Å². The van der Waals surface area contributed by atoms with Crippen LogP contribution in [-0.4, -0.2) is 37.7 Å². The Morgan fingerprint density at radius 3 is 2.34 bits per heavy atom. The van der Waals surface area contributed by atoms with Crippen LogP contribution in [0, 0.1) is 0 Å². The molecule has 7 heteroatoms. The molecular formula is C28H26N2O5. The van der Waals surface area contributed by atoms with Gasteiger partial charge in [0.15, 0.2) is 18.1 Å². The van der Waals surface area contributed by atoms with E-state index in [1.54, 1.807) is 38.5 Å². The van der Waals surface area contributed by atoms with Gasteiger partial charge >= 0.3 is 5.97 Å². The van der Waals surface area contributed by atoms with E-state index in [0.717, 1.165) is 11.1 Å². The van der Waals surface area contributed by atoms with Gasteiger partial charge in [0.25, 0.3) is 5.91 Å². The average Bonchev–Trinajstić information content (AvgIpc) is 2.91. The predicted molar refractivity (Wildman–Crippen MR) is 134 cm³/mol. The van der Waals surface area contributed by atoms with Crippen molar-refractivity contribution in [3.8, 4) is 22.8 Å². The Labute approximate surface area is 203 Å². The average molecular weight is 471 g/mol. The van der Waals surface area contributed by atoms with Crippen molar-refractivity contribution in [2.24, 2.45) is 0 Å². The van der Waals surface area contributed by atoms with Gasteiger partial charge in [-0.1, -0.05) is 48.5 Å². The maximum Gasteiger partial charge on any atom is 0.339 e. The van der Waals surface area contributed by atoms with Gasteiger partial charge in [-0.25, -0.2) is 9.78 Å². The maximum atomic E-state index is 13.1. The Hall–Kier alpha value is -4.39. The zero-order valence-corrected chi connectivity index (χ0v) is 19.8. The molecule has 4 aromatic rings. The van der Waals surface area contributed by atoms with Crippen molar-refractivity contribution in [1.29, 1.82) is 0 Å². The number of para-hydroxylation sites is 1. The first-order chi connectivity index (χ1) is 17.0. The van der Waals surface area contributed by atoms with Gasteiger partial charge in [0.1, 0.15) is 0 Å². The second-order valence-electron chi connectivity index (χ2n) is 7.92. The fourth-order valence-corrected chi connectivity index (χ4v) is 3.80. The fourth-order valence-electron chi connectivity index (χ4n) is 3.80. The Balaban J connectivity index is 1.56. The molecule has 0 aliphatic carbocycles. The third-order valence-corrected chi connectivity index (χ3v) is 5.63. The highest BCUT2D eigenvalue weighted by Crippen LogP contribution is 2.33. The SMILES string of the molecule is COc1ccc(-c2cc(C(=O)OCC(=O)N[C@H](C)c3ccccc3)c3ccccc3n2)cc1OC. The lowest BCUT2D eigenvalue weighted by Gasteiger charge is -2.15. The molecule has 3 aromatic carbocycles. The number of amides is 1. The van der Waals surface area contributed by atoms with Crippen molar-refractivity contribution in [2.45, 2.75) is 13.0 Å². The first-order valence-corrected chi connectivity index (χ1v) is 11.1. The molecule has 0 radical (unpaired) electrons. The van der Waals surface area contributed by atoms with E-state index in [1.807, 2.05) is 61.5 Å². The number of pyridine rings is 1. The van der Waals surface area contributed by atoms with E-state index in [4.69, 9.17) is 19.2 Å². The number of esters is 1.